The highest BCUT2D eigenvalue weighted by molar-refractivity contribution is 5.91. The Morgan fingerprint density at radius 2 is 1.64 bits per heavy atom. The van der Waals surface area contributed by atoms with Crippen LogP contribution in [0.5, 0.6) is 0 Å². The number of carbonyl (C=O) groups is 3. The summed E-state index contributed by atoms with van der Waals surface area (Å²) in [5.41, 5.74) is 1.61. The molecule has 2 aromatic carbocycles. The average molecular weight is 452 g/mol. The minimum atomic E-state index is -1.06. The Kier molecular flexibility index (Phi) is 7.37. The predicted molar refractivity (Wildman–Crippen MR) is 125 cm³/mol. The van der Waals surface area contributed by atoms with Crippen molar-refractivity contribution in [2.24, 2.45) is 0 Å². The number of fused-ring (bicyclic) bond motifs is 1. The summed E-state index contributed by atoms with van der Waals surface area (Å²) >= 11 is 0. The van der Waals surface area contributed by atoms with Gasteiger partial charge in [0.15, 0.2) is 0 Å². The standard InChI is InChI=1S/C25H29N3O5/c1-25(2,3)33-24(31)28-21(16-10-6-5-7-11-16)22(29)27-20(23(30)32-4)14-17-15-26-19-13-9-8-12-18(17)19/h5-13,15,20-21,26H,14H2,1-4H3,(H,27,29)(H,28,31)/t20-,21+/m0/s1. The summed E-state index contributed by atoms with van der Waals surface area (Å²) < 4.78 is 10.3. The second-order valence-electron chi connectivity index (χ2n) is 8.64. The fraction of sp³-hybridized carbons (Fsp3) is 0.320. The monoisotopic (exact) mass is 451 g/mol. The molecule has 174 valence electrons. The van der Waals surface area contributed by atoms with E-state index in [0.29, 0.717) is 5.56 Å². The summed E-state index contributed by atoms with van der Waals surface area (Å²) in [7, 11) is 1.27. The molecule has 0 fully saturated rings. The number of esters is 1. The van der Waals surface area contributed by atoms with Crippen molar-refractivity contribution in [2.45, 2.75) is 44.9 Å². The van der Waals surface area contributed by atoms with Crippen molar-refractivity contribution in [1.82, 2.24) is 15.6 Å². The Morgan fingerprint density at radius 1 is 0.970 bits per heavy atom. The molecular formula is C25H29N3O5. The first-order valence-electron chi connectivity index (χ1n) is 10.7. The average Bonchev–Trinajstić information content (AvgIpc) is 3.18. The van der Waals surface area contributed by atoms with Crippen molar-refractivity contribution in [1.29, 1.82) is 0 Å². The van der Waals surface area contributed by atoms with E-state index >= 15 is 0 Å². The maximum atomic E-state index is 13.3. The van der Waals surface area contributed by atoms with E-state index in [1.165, 1.54) is 7.11 Å². The number of para-hydroxylation sites is 1. The molecule has 0 aliphatic carbocycles. The molecule has 2 atom stereocenters. The van der Waals surface area contributed by atoms with Crippen LogP contribution in [-0.4, -0.2) is 41.7 Å². The van der Waals surface area contributed by atoms with E-state index in [9.17, 15) is 14.4 Å². The van der Waals surface area contributed by atoms with Crippen LogP contribution in [0.3, 0.4) is 0 Å². The number of H-pyrrole nitrogens is 1. The smallest absolute Gasteiger partial charge is 0.408 e. The summed E-state index contributed by atoms with van der Waals surface area (Å²) in [5, 5.41) is 6.30. The van der Waals surface area contributed by atoms with Crippen molar-refractivity contribution in [3.05, 3.63) is 71.9 Å². The third-order valence-corrected chi connectivity index (χ3v) is 4.96. The Labute approximate surface area is 192 Å². The van der Waals surface area contributed by atoms with Gasteiger partial charge in [0.05, 0.1) is 7.11 Å². The zero-order valence-electron chi connectivity index (χ0n) is 19.2. The Morgan fingerprint density at radius 3 is 2.30 bits per heavy atom. The fourth-order valence-electron chi connectivity index (χ4n) is 3.48. The molecule has 3 N–H and O–H groups in total. The molecule has 0 bridgehead atoms. The molecule has 0 aliphatic heterocycles. The summed E-state index contributed by atoms with van der Waals surface area (Å²) in [4.78, 5) is 41.4. The molecule has 3 rings (SSSR count). The number of aromatic nitrogens is 1. The van der Waals surface area contributed by atoms with Gasteiger partial charge in [0, 0.05) is 23.5 Å². The maximum Gasteiger partial charge on any atom is 0.408 e. The third-order valence-electron chi connectivity index (χ3n) is 4.96. The van der Waals surface area contributed by atoms with Crippen LogP contribution in [0.2, 0.25) is 0 Å². The van der Waals surface area contributed by atoms with Crippen LogP contribution in [0.1, 0.15) is 37.9 Å². The summed E-state index contributed by atoms with van der Waals surface area (Å²) in [5.74, 6) is -1.14. The van der Waals surface area contributed by atoms with Gasteiger partial charge in [0.1, 0.15) is 17.7 Å². The highest BCUT2D eigenvalue weighted by Crippen LogP contribution is 2.20. The van der Waals surface area contributed by atoms with Crippen LogP contribution in [0, 0.1) is 0 Å². The highest BCUT2D eigenvalue weighted by atomic mass is 16.6. The number of aromatic amines is 1. The molecule has 0 saturated carbocycles. The first kappa shape index (κ1) is 23.8. The number of hydrogen-bond donors (Lipinski definition) is 3. The Bertz CT molecular complexity index is 1120. The molecule has 1 heterocycles. The fourth-order valence-corrected chi connectivity index (χ4v) is 3.48. The Balaban J connectivity index is 1.83. The zero-order chi connectivity index (χ0) is 24.0. The van der Waals surface area contributed by atoms with E-state index in [2.05, 4.69) is 15.6 Å². The van der Waals surface area contributed by atoms with Gasteiger partial charge in [0.2, 0.25) is 5.91 Å². The normalized spacial score (nSPS) is 13.1. The number of methoxy groups -OCH3 is 1. The van der Waals surface area contributed by atoms with Gasteiger partial charge in [-0.1, -0.05) is 48.5 Å². The van der Waals surface area contributed by atoms with Crippen molar-refractivity contribution in [2.75, 3.05) is 7.11 Å². The lowest BCUT2D eigenvalue weighted by molar-refractivity contribution is -0.145. The predicted octanol–water partition coefficient (Wildman–Crippen LogP) is 3.63. The van der Waals surface area contributed by atoms with Crippen LogP contribution in [0.25, 0.3) is 10.9 Å². The van der Waals surface area contributed by atoms with Crippen LogP contribution in [0.15, 0.2) is 60.8 Å². The molecule has 0 unspecified atom stereocenters. The highest BCUT2D eigenvalue weighted by Gasteiger charge is 2.30. The Hall–Kier alpha value is -3.81. The summed E-state index contributed by atoms with van der Waals surface area (Å²) in [6, 6.07) is 14.4. The number of amides is 2. The van der Waals surface area contributed by atoms with E-state index in [4.69, 9.17) is 9.47 Å². The largest absolute Gasteiger partial charge is 0.467 e. The van der Waals surface area contributed by atoms with E-state index in [0.717, 1.165) is 16.5 Å². The van der Waals surface area contributed by atoms with Crippen LogP contribution >= 0.6 is 0 Å². The summed E-state index contributed by atoms with van der Waals surface area (Å²) in [6.07, 6.45) is 1.29. The van der Waals surface area contributed by atoms with Crippen LogP contribution in [-0.2, 0) is 25.5 Å². The lowest BCUT2D eigenvalue weighted by Gasteiger charge is -2.25. The number of carbonyl (C=O) groups excluding carboxylic acids is 3. The summed E-state index contributed by atoms with van der Waals surface area (Å²) in [6.45, 7) is 5.20. The molecule has 1 aromatic heterocycles. The van der Waals surface area contributed by atoms with Gasteiger partial charge in [0.25, 0.3) is 0 Å². The topological polar surface area (TPSA) is 110 Å². The minimum absolute atomic E-state index is 0.219. The number of benzene rings is 2. The second-order valence-corrected chi connectivity index (χ2v) is 8.64. The molecule has 3 aromatic rings. The van der Waals surface area contributed by atoms with E-state index in [1.54, 1.807) is 57.3 Å². The van der Waals surface area contributed by atoms with Crippen molar-refractivity contribution in [3.63, 3.8) is 0 Å². The van der Waals surface area contributed by atoms with Gasteiger partial charge < -0.3 is 25.1 Å². The number of alkyl carbamates (subject to hydrolysis) is 1. The maximum absolute atomic E-state index is 13.3. The zero-order valence-corrected chi connectivity index (χ0v) is 19.2. The molecule has 0 radical (unpaired) electrons. The van der Waals surface area contributed by atoms with E-state index in [1.807, 2.05) is 24.3 Å². The molecule has 0 spiro atoms. The lowest BCUT2D eigenvalue weighted by atomic mass is 10.0. The van der Waals surface area contributed by atoms with Crippen LogP contribution in [0.4, 0.5) is 4.79 Å². The van der Waals surface area contributed by atoms with Crippen molar-refractivity contribution < 1.29 is 23.9 Å². The molecule has 2 amide bonds. The quantitative estimate of drug-likeness (QED) is 0.475. The molecule has 8 nitrogen and oxygen atoms in total. The third kappa shape index (κ3) is 6.35. The number of hydrogen-bond acceptors (Lipinski definition) is 5. The molecule has 0 saturated heterocycles. The second kappa shape index (κ2) is 10.2. The number of rotatable bonds is 7. The number of ether oxygens (including phenoxy) is 2. The molecular weight excluding hydrogens is 422 g/mol. The van der Waals surface area contributed by atoms with Gasteiger partial charge in [-0.15, -0.1) is 0 Å². The van der Waals surface area contributed by atoms with Crippen molar-refractivity contribution >= 4 is 28.9 Å². The van der Waals surface area contributed by atoms with Gasteiger partial charge in [-0.05, 0) is 38.0 Å². The van der Waals surface area contributed by atoms with Gasteiger partial charge in [-0.2, -0.15) is 0 Å². The van der Waals surface area contributed by atoms with Gasteiger partial charge in [-0.3, -0.25) is 4.79 Å². The first-order valence-corrected chi connectivity index (χ1v) is 10.7. The van der Waals surface area contributed by atoms with Gasteiger partial charge in [-0.25, -0.2) is 9.59 Å². The lowest BCUT2D eigenvalue weighted by Crippen LogP contribution is -2.49. The minimum Gasteiger partial charge on any atom is -0.467 e. The molecule has 33 heavy (non-hydrogen) atoms. The van der Waals surface area contributed by atoms with E-state index < -0.39 is 35.7 Å². The van der Waals surface area contributed by atoms with Crippen LogP contribution < -0.4 is 10.6 Å². The molecule has 8 heteroatoms. The van der Waals surface area contributed by atoms with E-state index in [-0.39, 0.29) is 6.42 Å². The molecule has 0 aliphatic rings. The number of nitrogens with one attached hydrogen (secondary N) is 3. The first-order chi connectivity index (χ1) is 15.7. The SMILES string of the molecule is COC(=O)[C@H](Cc1c[nH]c2ccccc12)NC(=O)[C@H](NC(=O)OC(C)(C)C)c1ccccc1. The van der Waals surface area contributed by atoms with Gasteiger partial charge >= 0.3 is 12.1 Å². The van der Waals surface area contributed by atoms with Crippen molar-refractivity contribution in [3.8, 4) is 0 Å².